The molecular formula is C7H10O2P+. The molecule has 0 spiro atoms. The van der Waals surface area contributed by atoms with E-state index in [9.17, 15) is 4.57 Å². The fourth-order valence-corrected chi connectivity index (χ4v) is 0.909. The standard InChI is InChI=1S/C7H9O2P/c1-4-7(10(8)9)5-6(2)3/h4H,1H2,2-3H3/p+1. The van der Waals surface area contributed by atoms with Gasteiger partial charge in [0.25, 0.3) is 5.31 Å². The summed E-state index contributed by atoms with van der Waals surface area (Å²) in [6, 6.07) is 0. The molecule has 0 aliphatic rings. The lowest BCUT2D eigenvalue weighted by Gasteiger charge is -1.76. The van der Waals surface area contributed by atoms with Crippen LogP contribution in [-0.2, 0) is 4.57 Å². The highest BCUT2D eigenvalue weighted by atomic mass is 31.1. The zero-order chi connectivity index (χ0) is 8.15. The lowest BCUT2D eigenvalue weighted by Crippen LogP contribution is -1.65. The summed E-state index contributed by atoms with van der Waals surface area (Å²) in [6.07, 6.45) is 1.34. The summed E-state index contributed by atoms with van der Waals surface area (Å²) in [7, 11) is -2.28. The van der Waals surface area contributed by atoms with Crippen LogP contribution in [0.2, 0.25) is 0 Å². The Morgan fingerprint density at radius 2 is 2.20 bits per heavy atom. The van der Waals surface area contributed by atoms with Crippen LogP contribution in [-0.4, -0.2) is 4.89 Å². The average Bonchev–Trinajstić information content (AvgIpc) is 1.81. The van der Waals surface area contributed by atoms with Gasteiger partial charge in [-0.15, -0.1) is 0 Å². The van der Waals surface area contributed by atoms with Gasteiger partial charge in [-0.1, -0.05) is 12.3 Å². The zero-order valence-electron chi connectivity index (χ0n) is 6.09. The molecule has 2 nitrogen and oxygen atoms in total. The maximum Gasteiger partial charge on any atom is 0.554 e. The Labute approximate surface area is 61.4 Å². The number of hydrogen-bond acceptors (Lipinski definition) is 1. The first kappa shape index (κ1) is 9.32. The maximum atomic E-state index is 10.4. The number of allylic oxidation sites excluding steroid dienone is 2. The Hall–Kier alpha value is -0.680. The molecule has 0 rings (SSSR count). The van der Waals surface area contributed by atoms with Gasteiger partial charge in [0.15, 0.2) is 0 Å². The minimum absolute atomic E-state index is 0.259. The molecule has 0 aromatic carbocycles. The van der Waals surface area contributed by atoms with E-state index < -0.39 is 8.03 Å². The highest BCUT2D eigenvalue weighted by molar-refractivity contribution is 7.43. The molecule has 0 fully saturated rings. The zero-order valence-corrected chi connectivity index (χ0v) is 6.98. The van der Waals surface area contributed by atoms with E-state index in [-0.39, 0.29) is 5.31 Å². The van der Waals surface area contributed by atoms with Crippen LogP contribution < -0.4 is 0 Å². The van der Waals surface area contributed by atoms with Crippen molar-refractivity contribution in [2.24, 2.45) is 0 Å². The van der Waals surface area contributed by atoms with Gasteiger partial charge in [0.1, 0.15) is 0 Å². The Morgan fingerprint density at radius 1 is 1.70 bits per heavy atom. The average molecular weight is 157 g/mol. The van der Waals surface area contributed by atoms with Gasteiger partial charge in [0.2, 0.25) is 0 Å². The van der Waals surface area contributed by atoms with E-state index in [4.69, 9.17) is 4.89 Å². The minimum atomic E-state index is -2.28. The summed E-state index contributed by atoms with van der Waals surface area (Å²) in [5.41, 5.74) is 3.58. The monoisotopic (exact) mass is 157 g/mol. The molecule has 54 valence electrons. The van der Waals surface area contributed by atoms with E-state index in [2.05, 4.69) is 12.3 Å². The molecule has 0 radical (unpaired) electrons. The van der Waals surface area contributed by atoms with Crippen LogP contribution in [0.1, 0.15) is 13.8 Å². The quantitative estimate of drug-likeness (QED) is 0.379. The molecule has 0 aliphatic carbocycles. The van der Waals surface area contributed by atoms with Crippen LogP contribution in [0.4, 0.5) is 0 Å². The van der Waals surface area contributed by atoms with Gasteiger partial charge in [0.05, 0.1) is 0 Å². The third kappa shape index (κ3) is 3.37. The van der Waals surface area contributed by atoms with Crippen molar-refractivity contribution in [3.05, 3.63) is 29.3 Å². The maximum absolute atomic E-state index is 10.4. The molecule has 1 atom stereocenters. The number of rotatable bonds is 2. The fourth-order valence-electron chi connectivity index (χ4n) is 0.433. The largest absolute Gasteiger partial charge is 0.554 e. The number of hydrogen-bond donors (Lipinski definition) is 1. The van der Waals surface area contributed by atoms with E-state index in [1.165, 1.54) is 6.08 Å². The summed E-state index contributed by atoms with van der Waals surface area (Å²) < 4.78 is 10.4. The predicted octanol–water partition coefficient (Wildman–Crippen LogP) is 2.36. The Kier molecular flexibility index (Phi) is 3.90. The predicted molar refractivity (Wildman–Crippen MR) is 41.9 cm³/mol. The molecule has 0 saturated carbocycles. The summed E-state index contributed by atoms with van der Waals surface area (Å²) >= 11 is 0. The first-order chi connectivity index (χ1) is 4.57. The topological polar surface area (TPSA) is 37.3 Å². The normalized spacial score (nSPS) is 9.70. The Balaban J connectivity index is 4.85. The van der Waals surface area contributed by atoms with Crippen molar-refractivity contribution in [2.45, 2.75) is 13.8 Å². The summed E-state index contributed by atoms with van der Waals surface area (Å²) in [5, 5.41) is 0.259. The van der Waals surface area contributed by atoms with E-state index in [0.29, 0.717) is 0 Å². The van der Waals surface area contributed by atoms with Crippen LogP contribution in [0.5, 0.6) is 0 Å². The van der Waals surface area contributed by atoms with Crippen LogP contribution in [0.25, 0.3) is 0 Å². The molecule has 0 heterocycles. The van der Waals surface area contributed by atoms with Gasteiger partial charge < -0.3 is 0 Å². The molecule has 0 aromatic rings. The summed E-state index contributed by atoms with van der Waals surface area (Å²) in [4.78, 5) is 8.59. The van der Waals surface area contributed by atoms with Gasteiger partial charge in [-0.25, -0.2) is 0 Å². The van der Waals surface area contributed by atoms with Crippen LogP contribution in [0, 0.1) is 0 Å². The van der Waals surface area contributed by atoms with Crippen molar-refractivity contribution in [3.63, 3.8) is 0 Å². The summed E-state index contributed by atoms with van der Waals surface area (Å²) in [6.45, 7) is 6.99. The SMILES string of the molecule is C=CC(=C=C(C)C)[P+](=O)O. The first-order valence-electron chi connectivity index (χ1n) is 2.80. The lowest BCUT2D eigenvalue weighted by atomic mass is 10.4. The second-order valence-electron chi connectivity index (χ2n) is 1.99. The highest BCUT2D eigenvalue weighted by Crippen LogP contribution is 2.26. The van der Waals surface area contributed by atoms with Gasteiger partial charge in [-0.05, 0) is 30.1 Å². The summed E-state index contributed by atoms with van der Waals surface area (Å²) in [5.74, 6) is 0. The van der Waals surface area contributed by atoms with Crippen molar-refractivity contribution >= 4 is 8.03 Å². The molecule has 0 saturated heterocycles. The molecule has 1 unspecified atom stereocenters. The third-order valence-electron chi connectivity index (χ3n) is 0.778. The highest BCUT2D eigenvalue weighted by Gasteiger charge is 2.15. The van der Waals surface area contributed by atoms with Crippen molar-refractivity contribution in [1.29, 1.82) is 0 Å². The Bertz CT molecular complexity index is 218. The molecule has 1 N–H and O–H groups in total. The molecule has 0 aliphatic heterocycles. The fraction of sp³-hybridized carbons (Fsp3) is 0.286. The van der Waals surface area contributed by atoms with Crippen molar-refractivity contribution in [2.75, 3.05) is 0 Å². The van der Waals surface area contributed by atoms with Gasteiger partial charge in [0, 0.05) is 0 Å². The van der Waals surface area contributed by atoms with Gasteiger partial charge in [-0.3, -0.25) is 0 Å². The van der Waals surface area contributed by atoms with Crippen LogP contribution in [0.15, 0.2) is 29.3 Å². The van der Waals surface area contributed by atoms with Gasteiger partial charge in [-0.2, -0.15) is 4.89 Å². The molecule has 10 heavy (non-hydrogen) atoms. The van der Waals surface area contributed by atoms with E-state index in [1.54, 1.807) is 0 Å². The van der Waals surface area contributed by atoms with Crippen molar-refractivity contribution in [3.8, 4) is 0 Å². The second kappa shape index (κ2) is 4.19. The van der Waals surface area contributed by atoms with Crippen LogP contribution >= 0.6 is 8.03 Å². The van der Waals surface area contributed by atoms with Gasteiger partial charge >= 0.3 is 8.03 Å². The lowest BCUT2D eigenvalue weighted by molar-refractivity contribution is 0.511. The van der Waals surface area contributed by atoms with Crippen molar-refractivity contribution in [1.82, 2.24) is 0 Å². The van der Waals surface area contributed by atoms with Crippen LogP contribution in [0.3, 0.4) is 0 Å². The van der Waals surface area contributed by atoms with E-state index in [1.807, 2.05) is 13.8 Å². The first-order valence-corrected chi connectivity index (χ1v) is 4.02. The van der Waals surface area contributed by atoms with E-state index >= 15 is 0 Å². The molecular weight excluding hydrogens is 147 g/mol. The third-order valence-corrected chi connectivity index (χ3v) is 1.48. The smallest absolute Gasteiger partial charge is 0.156 e. The molecule has 3 heteroatoms. The Morgan fingerprint density at radius 3 is 2.30 bits per heavy atom. The minimum Gasteiger partial charge on any atom is -0.156 e. The molecule has 0 bridgehead atoms. The second-order valence-corrected chi connectivity index (χ2v) is 3.01. The van der Waals surface area contributed by atoms with E-state index in [0.717, 1.165) is 5.57 Å². The van der Waals surface area contributed by atoms with Crippen molar-refractivity contribution < 1.29 is 9.46 Å². The molecule has 0 aromatic heterocycles. The molecule has 0 amide bonds.